The second-order valence-electron chi connectivity index (χ2n) is 2.73. The van der Waals surface area contributed by atoms with Gasteiger partial charge in [0.25, 0.3) is 0 Å². The van der Waals surface area contributed by atoms with Gasteiger partial charge in [-0.2, -0.15) is 0 Å². The van der Waals surface area contributed by atoms with E-state index in [-0.39, 0.29) is 6.42 Å². The second kappa shape index (κ2) is 4.72. The van der Waals surface area contributed by atoms with Crippen LogP contribution in [0.25, 0.3) is 0 Å². The Hall–Kier alpha value is -0.650. The summed E-state index contributed by atoms with van der Waals surface area (Å²) in [6, 6.07) is 0.680. The lowest BCUT2D eigenvalue weighted by Gasteiger charge is -2.07. The van der Waals surface area contributed by atoms with Crippen molar-refractivity contribution in [2.45, 2.75) is 12.5 Å². The number of halogens is 2. The average molecular weight is 280 g/mol. The van der Waals surface area contributed by atoms with Crippen molar-refractivity contribution < 1.29 is 9.90 Å². The number of hydrogen-bond acceptors (Lipinski definition) is 3. The molecule has 0 saturated carbocycles. The van der Waals surface area contributed by atoms with Gasteiger partial charge in [-0.15, -0.1) is 0 Å². The summed E-state index contributed by atoms with van der Waals surface area (Å²) in [6.07, 6.45) is 1.68. The first-order valence-corrected chi connectivity index (χ1v) is 4.96. The molecular weight excluding hydrogens is 271 g/mol. The largest absolute Gasteiger partial charge is 0.480 e. The Balaban J connectivity index is 2.82. The van der Waals surface area contributed by atoms with Crippen LogP contribution in [0.2, 0.25) is 5.02 Å². The van der Waals surface area contributed by atoms with E-state index in [2.05, 4.69) is 20.9 Å². The Labute approximate surface area is 94.2 Å². The van der Waals surface area contributed by atoms with E-state index in [0.29, 0.717) is 10.7 Å². The zero-order valence-electron chi connectivity index (χ0n) is 7.08. The molecule has 0 unspecified atom stereocenters. The summed E-state index contributed by atoms with van der Waals surface area (Å²) in [5.41, 5.74) is 5.84. The molecule has 0 bridgehead atoms. The van der Waals surface area contributed by atoms with E-state index in [9.17, 15) is 4.79 Å². The van der Waals surface area contributed by atoms with Crippen molar-refractivity contribution >= 4 is 33.5 Å². The van der Waals surface area contributed by atoms with Crippen LogP contribution in [0.4, 0.5) is 0 Å². The van der Waals surface area contributed by atoms with Crippen LogP contribution in [0.1, 0.15) is 5.69 Å². The van der Waals surface area contributed by atoms with Crippen molar-refractivity contribution in [1.82, 2.24) is 4.98 Å². The Morgan fingerprint density at radius 2 is 2.43 bits per heavy atom. The molecule has 6 heteroatoms. The summed E-state index contributed by atoms with van der Waals surface area (Å²) >= 11 is 9.03. The number of aliphatic carboxylic acids is 1. The third-order valence-electron chi connectivity index (χ3n) is 1.61. The van der Waals surface area contributed by atoms with Gasteiger partial charge >= 0.3 is 5.97 Å². The average Bonchev–Trinajstić information content (AvgIpc) is 2.09. The van der Waals surface area contributed by atoms with Crippen molar-refractivity contribution in [2.75, 3.05) is 0 Å². The van der Waals surface area contributed by atoms with Gasteiger partial charge in [-0.1, -0.05) is 11.6 Å². The van der Waals surface area contributed by atoms with E-state index in [1.807, 2.05) is 0 Å². The molecule has 0 spiro atoms. The van der Waals surface area contributed by atoms with Crippen LogP contribution < -0.4 is 5.73 Å². The molecule has 0 saturated heterocycles. The fourth-order valence-corrected chi connectivity index (χ4v) is 1.60. The maximum Gasteiger partial charge on any atom is 0.320 e. The Bertz CT molecular complexity index is 359. The molecule has 14 heavy (non-hydrogen) atoms. The molecule has 76 valence electrons. The highest BCUT2D eigenvalue weighted by molar-refractivity contribution is 9.10. The first kappa shape index (κ1) is 11.4. The lowest BCUT2D eigenvalue weighted by Crippen LogP contribution is -2.32. The lowest BCUT2D eigenvalue weighted by atomic mass is 10.1. The second-order valence-corrected chi connectivity index (χ2v) is 4.05. The number of carbonyl (C=O) groups is 1. The van der Waals surface area contributed by atoms with Gasteiger partial charge in [0.2, 0.25) is 0 Å². The molecule has 1 atom stereocenters. The molecule has 1 rings (SSSR count). The van der Waals surface area contributed by atoms with Crippen molar-refractivity contribution in [3.63, 3.8) is 0 Å². The van der Waals surface area contributed by atoms with Crippen LogP contribution in [0, 0.1) is 0 Å². The van der Waals surface area contributed by atoms with E-state index in [1.165, 1.54) is 0 Å². The summed E-state index contributed by atoms with van der Waals surface area (Å²) in [5.74, 6) is -1.06. The molecule has 0 fully saturated rings. The first-order chi connectivity index (χ1) is 6.50. The molecular formula is C8H8BrClN2O2. The van der Waals surface area contributed by atoms with E-state index in [1.54, 1.807) is 12.3 Å². The predicted octanol–water partition coefficient (Wildman–Crippen LogP) is 1.45. The van der Waals surface area contributed by atoms with Gasteiger partial charge in [0, 0.05) is 17.1 Å². The summed E-state index contributed by atoms with van der Waals surface area (Å²) in [5, 5.41) is 9.00. The minimum Gasteiger partial charge on any atom is -0.480 e. The highest BCUT2D eigenvalue weighted by Gasteiger charge is 2.14. The third-order valence-corrected chi connectivity index (χ3v) is 2.38. The van der Waals surface area contributed by atoms with Crippen molar-refractivity contribution in [3.05, 3.63) is 27.5 Å². The van der Waals surface area contributed by atoms with Crippen LogP contribution >= 0.6 is 27.5 Å². The molecule has 1 heterocycles. The molecule has 4 nitrogen and oxygen atoms in total. The quantitative estimate of drug-likeness (QED) is 0.878. The van der Waals surface area contributed by atoms with Gasteiger partial charge in [0.05, 0.1) is 10.7 Å². The number of nitrogens with two attached hydrogens (primary N) is 1. The maximum atomic E-state index is 10.5. The minimum atomic E-state index is -1.06. The summed E-state index contributed by atoms with van der Waals surface area (Å²) < 4.78 is 0.746. The summed E-state index contributed by atoms with van der Waals surface area (Å²) in [6.45, 7) is 0. The molecule has 0 aliphatic heterocycles. The standard InChI is InChI=1S/C8H8BrClN2O2/c9-4-1-5(10)7(12-3-4)2-6(11)8(13)14/h1,3,6H,2,11H2,(H,13,14)/t6-/m1/s1. The van der Waals surface area contributed by atoms with Crippen molar-refractivity contribution in [3.8, 4) is 0 Å². The fourth-order valence-electron chi connectivity index (χ4n) is 0.889. The van der Waals surface area contributed by atoms with Crippen molar-refractivity contribution in [2.24, 2.45) is 5.73 Å². The molecule has 0 aromatic carbocycles. The zero-order chi connectivity index (χ0) is 10.7. The zero-order valence-corrected chi connectivity index (χ0v) is 9.42. The van der Waals surface area contributed by atoms with Crippen LogP contribution in [-0.2, 0) is 11.2 Å². The van der Waals surface area contributed by atoms with E-state index >= 15 is 0 Å². The normalized spacial score (nSPS) is 12.5. The van der Waals surface area contributed by atoms with Crippen LogP contribution in [0.15, 0.2) is 16.7 Å². The lowest BCUT2D eigenvalue weighted by molar-refractivity contribution is -0.138. The SMILES string of the molecule is N[C@H](Cc1ncc(Br)cc1Cl)C(=O)O. The van der Waals surface area contributed by atoms with Crippen LogP contribution in [0.3, 0.4) is 0 Å². The van der Waals surface area contributed by atoms with Gasteiger partial charge in [-0.3, -0.25) is 9.78 Å². The third kappa shape index (κ3) is 2.94. The molecule has 1 aromatic heterocycles. The highest BCUT2D eigenvalue weighted by atomic mass is 79.9. The molecule has 0 radical (unpaired) electrons. The van der Waals surface area contributed by atoms with E-state index in [0.717, 1.165) is 4.47 Å². The smallest absolute Gasteiger partial charge is 0.320 e. The van der Waals surface area contributed by atoms with Gasteiger partial charge in [0.15, 0.2) is 0 Å². The van der Waals surface area contributed by atoms with Crippen LogP contribution in [-0.4, -0.2) is 22.1 Å². The number of rotatable bonds is 3. The Morgan fingerprint density at radius 3 is 2.93 bits per heavy atom. The monoisotopic (exact) mass is 278 g/mol. The van der Waals surface area contributed by atoms with Gasteiger partial charge < -0.3 is 10.8 Å². The summed E-state index contributed by atoms with van der Waals surface area (Å²) in [7, 11) is 0. The minimum absolute atomic E-state index is 0.126. The van der Waals surface area contributed by atoms with Gasteiger partial charge in [0.1, 0.15) is 6.04 Å². The van der Waals surface area contributed by atoms with Crippen molar-refractivity contribution in [1.29, 1.82) is 0 Å². The Kier molecular flexibility index (Phi) is 3.86. The topological polar surface area (TPSA) is 76.2 Å². The number of carboxylic acids is 1. The molecule has 0 aliphatic rings. The number of hydrogen-bond donors (Lipinski definition) is 2. The highest BCUT2D eigenvalue weighted by Crippen LogP contribution is 2.19. The van der Waals surface area contributed by atoms with E-state index in [4.69, 9.17) is 22.4 Å². The molecule has 0 amide bonds. The fraction of sp³-hybridized carbons (Fsp3) is 0.250. The maximum absolute atomic E-state index is 10.5. The number of carboxylic acid groups (broad SMARTS) is 1. The molecule has 3 N–H and O–H groups in total. The van der Waals surface area contributed by atoms with Crippen LogP contribution in [0.5, 0.6) is 0 Å². The molecule has 1 aromatic rings. The van der Waals surface area contributed by atoms with E-state index < -0.39 is 12.0 Å². The number of pyridine rings is 1. The summed E-state index contributed by atoms with van der Waals surface area (Å²) in [4.78, 5) is 14.5. The van der Waals surface area contributed by atoms with Gasteiger partial charge in [-0.05, 0) is 22.0 Å². The van der Waals surface area contributed by atoms with Gasteiger partial charge in [-0.25, -0.2) is 0 Å². The predicted molar refractivity (Wildman–Crippen MR) is 56.3 cm³/mol. The first-order valence-electron chi connectivity index (χ1n) is 3.79. The Morgan fingerprint density at radius 1 is 1.79 bits per heavy atom. The number of nitrogens with zero attached hydrogens (tertiary/aromatic N) is 1. The molecule has 0 aliphatic carbocycles. The number of aromatic nitrogens is 1.